The van der Waals surface area contributed by atoms with Gasteiger partial charge in [0, 0.05) is 33.5 Å². The molecule has 0 fully saturated rings. The second-order valence-electron chi connectivity index (χ2n) is 3.68. The van der Waals surface area contributed by atoms with Crippen molar-refractivity contribution < 1.29 is 17.9 Å². The third-order valence-electron chi connectivity index (χ3n) is 2.43. The summed E-state index contributed by atoms with van der Waals surface area (Å²) in [5, 5.41) is -0.0395. The molecule has 0 saturated carbocycles. The van der Waals surface area contributed by atoms with Gasteiger partial charge in [0.25, 0.3) is 0 Å². The Morgan fingerprint density at radius 1 is 1.26 bits per heavy atom. The van der Waals surface area contributed by atoms with Crippen LogP contribution in [0, 0.1) is 0 Å². The zero-order valence-corrected chi connectivity index (χ0v) is 12.4. The quantitative estimate of drug-likeness (QED) is 0.671. The zero-order chi connectivity index (χ0) is 14.3. The lowest BCUT2D eigenvalue weighted by molar-refractivity contribution is 0.150. The van der Waals surface area contributed by atoms with Crippen LogP contribution in [0.15, 0.2) is 23.2 Å². The van der Waals surface area contributed by atoms with Crippen molar-refractivity contribution in [2.45, 2.75) is 4.90 Å². The molecule has 0 N–H and O–H groups in total. The van der Waals surface area contributed by atoms with E-state index in [-0.39, 0.29) is 23.1 Å². The van der Waals surface area contributed by atoms with Gasteiger partial charge in [0.2, 0.25) is 10.0 Å². The smallest absolute Gasteiger partial charge is 0.246 e. The van der Waals surface area contributed by atoms with E-state index in [2.05, 4.69) is 4.98 Å². The molecule has 0 atom stereocenters. The van der Waals surface area contributed by atoms with Crippen molar-refractivity contribution >= 4 is 21.6 Å². The lowest BCUT2D eigenvalue weighted by Gasteiger charge is -2.21. The SMILES string of the molecule is COCCN(CCOC)S(=O)(=O)c1cccnc1Cl. The monoisotopic (exact) mass is 308 g/mol. The van der Waals surface area contributed by atoms with E-state index in [9.17, 15) is 8.42 Å². The Morgan fingerprint density at radius 3 is 2.32 bits per heavy atom. The molecule has 6 nitrogen and oxygen atoms in total. The number of hydrogen-bond acceptors (Lipinski definition) is 5. The highest BCUT2D eigenvalue weighted by Crippen LogP contribution is 2.21. The van der Waals surface area contributed by atoms with E-state index >= 15 is 0 Å². The van der Waals surface area contributed by atoms with Crippen molar-refractivity contribution in [3.05, 3.63) is 23.5 Å². The first-order valence-corrected chi connectivity index (χ1v) is 7.44. The number of pyridine rings is 1. The van der Waals surface area contributed by atoms with E-state index in [1.54, 1.807) is 0 Å². The molecule has 1 aromatic heterocycles. The summed E-state index contributed by atoms with van der Waals surface area (Å²) in [5.74, 6) is 0. The van der Waals surface area contributed by atoms with Crippen LogP contribution in [0.1, 0.15) is 0 Å². The number of methoxy groups -OCH3 is 2. The van der Waals surface area contributed by atoms with Gasteiger partial charge in [0.15, 0.2) is 0 Å². The van der Waals surface area contributed by atoms with Gasteiger partial charge in [0.1, 0.15) is 10.0 Å². The molecule has 0 spiro atoms. The molecule has 108 valence electrons. The molecule has 0 aliphatic heterocycles. The second-order valence-corrected chi connectivity index (χ2v) is 5.95. The normalized spacial score (nSPS) is 12.0. The Labute approximate surface area is 118 Å². The van der Waals surface area contributed by atoms with Crippen LogP contribution < -0.4 is 0 Å². The van der Waals surface area contributed by atoms with E-state index in [0.29, 0.717) is 13.2 Å². The highest BCUT2D eigenvalue weighted by molar-refractivity contribution is 7.89. The molecule has 1 heterocycles. The van der Waals surface area contributed by atoms with Crippen molar-refractivity contribution in [1.82, 2.24) is 9.29 Å². The van der Waals surface area contributed by atoms with Crippen LogP contribution in [0.5, 0.6) is 0 Å². The van der Waals surface area contributed by atoms with Crippen molar-refractivity contribution in [3.63, 3.8) is 0 Å². The van der Waals surface area contributed by atoms with E-state index < -0.39 is 10.0 Å². The van der Waals surface area contributed by atoms with Crippen LogP contribution in [-0.4, -0.2) is 58.2 Å². The number of hydrogen-bond donors (Lipinski definition) is 0. The molecule has 0 bridgehead atoms. The first-order chi connectivity index (χ1) is 9.04. The van der Waals surface area contributed by atoms with Crippen molar-refractivity contribution in [3.8, 4) is 0 Å². The molecular weight excluding hydrogens is 292 g/mol. The fourth-order valence-corrected chi connectivity index (χ4v) is 3.28. The highest BCUT2D eigenvalue weighted by atomic mass is 35.5. The standard InChI is InChI=1S/C11H17ClN2O4S/c1-17-8-6-14(7-9-18-2)19(15,16)10-4-3-5-13-11(10)12/h3-5H,6-9H2,1-2H3. The Hall–Kier alpha value is -0.730. The van der Waals surface area contributed by atoms with Crippen LogP contribution in [-0.2, 0) is 19.5 Å². The zero-order valence-electron chi connectivity index (χ0n) is 10.9. The maximum Gasteiger partial charge on any atom is 0.246 e. The van der Waals surface area contributed by atoms with Gasteiger partial charge in [-0.05, 0) is 12.1 Å². The minimum absolute atomic E-state index is 0.0103. The molecule has 8 heteroatoms. The number of halogens is 1. The number of sulfonamides is 1. The molecule has 0 aliphatic carbocycles. The summed E-state index contributed by atoms with van der Waals surface area (Å²) < 4.78 is 36.0. The van der Waals surface area contributed by atoms with Crippen LogP contribution in [0.3, 0.4) is 0 Å². The molecule has 0 saturated heterocycles. The number of aromatic nitrogens is 1. The van der Waals surface area contributed by atoms with Gasteiger partial charge < -0.3 is 9.47 Å². The minimum atomic E-state index is -3.70. The lowest BCUT2D eigenvalue weighted by atomic mass is 10.5. The lowest BCUT2D eigenvalue weighted by Crippen LogP contribution is -2.36. The van der Waals surface area contributed by atoms with Crippen LogP contribution >= 0.6 is 11.6 Å². The molecule has 1 aromatic rings. The van der Waals surface area contributed by atoms with Crippen LogP contribution in [0.4, 0.5) is 0 Å². The molecule has 0 aromatic carbocycles. The number of ether oxygens (including phenoxy) is 2. The van der Waals surface area contributed by atoms with Gasteiger partial charge >= 0.3 is 0 Å². The van der Waals surface area contributed by atoms with Crippen molar-refractivity contribution in [2.24, 2.45) is 0 Å². The topological polar surface area (TPSA) is 68.7 Å². The average molecular weight is 309 g/mol. The Morgan fingerprint density at radius 2 is 1.84 bits per heavy atom. The average Bonchev–Trinajstić information content (AvgIpc) is 2.39. The summed E-state index contributed by atoms with van der Waals surface area (Å²) >= 11 is 5.84. The van der Waals surface area contributed by atoms with Gasteiger partial charge in [-0.25, -0.2) is 13.4 Å². The first kappa shape index (κ1) is 16.3. The molecule has 0 radical (unpaired) electrons. The van der Waals surface area contributed by atoms with E-state index in [4.69, 9.17) is 21.1 Å². The first-order valence-electron chi connectivity index (χ1n) is 5.62. The van der Waals surface area contributed by atoms with Crippen LogP contribution in [0.25, 0.3) is 0 Å². The Bertz CT molecular complexity index is 487. The fourth-order valence-electron chi connectivity index (χ4n) is 1.44. The third-order valence-corrected chi connectivity index (χ3v) is 4.78. The van der Waals surface area contributed by atoms with Crippen molar-refractivity contribution in [1.29, 1.82) is 0 Å². The van der Waals surface area contributed by atoms with Crippen molar-refractivity contribution in [2.75, 3.05) is 40.5 Å². The summed E-state index contributed by atoms with van der Waals surface area (Å²) in [6, 6.07) is 2.96. The number of nitrogens with zero attached hydrogens (tertiary/aromatic N) is 2. The second kappa shape index (κ2) is 7.76. The summed E-state index contributed by atoms with van der Waals surface area (Å²) in [6.45, 7) is 1.04. The third kappa shape index (κ3) is 4.39. The van der Waals surface area contributed by atoms with Gasteiger partial charge in [-0.3, -0.25) is 0 Å². The predicted octanol–water partition coefficient (Wildman–Crippen LogP) is 1.02. The molecular formula is C11H17ClN2O4S. The maximum absolute atomic E-state index is 12.5. The fraction of sp³-hybridized carbons (Fsp3) is 0.545. The molecule has 19 heavy (non-hydrogen) atoms. The summed E-state index contributed by atoms with van der Waals surface area (Å²) in [5.41, 5.74) is 0. The summed E-state index contributed by atoms with van der Waals surface area (Å²) in [4.78, 5) is 3.78. The van der Waals surface area contributed by atoms with Gasteiger partial charge in [-0.2, -0.15) is 4.31 Å². The molecule has 1 rings (SSSR count). The van der Waals surface area contributed by atoms with E-state index in [1.807, 2.05) is 0 Å². The Kier molecular flexibility index (Phi) is 6.67. The van der Waals surface area contributed by atoms with Gasteiger partial charge in [-0.1, -0.05) is 11.6 Å². The van der Waals surface area contributed by atoms with Gasteiger partial charge in [0.05, 0.1) is 13.2 Å². The summed E-state index contributed by atoms with van der Waals surface area (Å²) in [7, 11) is -0.673. The summed E-state index contributed by atoms with van der Waals surface area (Å²) in [6.07, 6.45) is 1.44. The molecule has 0 amide bonds. The highest BCUT2D eigenvalue weighted by Gasteiger charge is 2.26. The molecule has 0 aliphatic rings. The van der Waals surface area contributed by atoms with E-state index in [0.717, 1.165) is 0 Å². The minimum Gasteiger partial charge on any atom is -0.383 e. The largest absolute Gasteiger partial charge is 0.383 e. The van der Waals surface area contributed by atoms with Crippen LogP contribution in [0.2, 0.25) is 5.15 Å². The van der Waals surface area contributed by atoms with E-state index in [1.165, 1.54) is 36.9 Å². The predicted molar refractivity (Wildman–Crippen MR) is 71.8 cm³/mol. The number of rotatable bonds is 8. The maximum atomic E-state index is 12.5. The molecule has 0 unspecified atom stereocenters. The Balaban J connectivity index is 3.01. The van der Waals surface area contributed by atoms with Gasteiger partial charge in [-0.15, -0.1) is 0 Å².